The summed E-state index contributed by atoms with van der Waals surface area (Å²) in [5.41, 5.74) is 3.45. The van der Waals surface area contributed by atoms with Gasteiger partial charge in [0.05, 0.1) is 4.90 Å². The van der Waals surface area contributed by atoms with Crippen LogP contribution in [0.25, 0.3) is 0 Å². The van der Waals surface area contributed by atoms with E-state index < -0.39 is 30.5 Å². The molecule has 0 aromatic heterocycles. The number of hydrogen-bond donors (Lipinski definition) is 0. The lowest BCUT2D eigenvalue weighted by Gasteiger charge is -2.39. The lowest BCUT2D eigenvalue weighted by molar-refractivity contribution is 0.482. The molecule has 5 aromatic carbocycles. The molecule has 9 heteroatoms. The predicted molar refractivity (Wildman–Crippen MR) is 212 cm³/mol. The van der Waals surface area contributed by atoms with E-state index in [1.54, 1.807) is 0 Å². The average Bonchev–Trinajstić information content (AvgIpc) is 3.10. The Balaban J connectivity index is 1.57. The molecule has 276 valence electrons. The van der Waals surface area contributed by atoms with Crippen molar-refractivity contribution in [1.82, 2.24) is 0 Å². The van der Waals surface area contributed by atoms with Crippen molar-refractivity contribution in [3.05, 3.63) is 144 Å². The van der Waals surface area contributed by atoms with Crippen molar-refractivity contribution in [2.75, 3.05) is 0 Å². The van der Waals surface area contributed by atoms with Gasteiger partial charge >= 0.3 is 20.2 Å². The SMILES string of the molecule is CC(C)c1cc(C(C)C)c(S(=O)(=O)Oc2ccc(S(=O)(=O)OS(c3ccccc3)(c3ccccc3)c3ccc(C(C)(C)C)cc3)cc2)c(C(C)C)c1. The van der Waals surface area contributed by atoms with Crippen LogP contribution in [-0.2, 0) is 29.3 Å². The third-order valence-corrected chi connectivity index (χ3v) is 15.6. The Kier molecular flexibility index (Phi) is 11.5. The quantitative estimate of drug-likeness (QED) is 0.118. The van der Waals surface area contributed by atoms with Gasteiger partial charge in [0, 0.05) is 14.7 Å². The van der Waals surface area contributed by atoms with E-state index in [4.69, 9.17) is 7.81 Å². The van der Waals surface area contributed by atoms with Gasteiger partial charge in [-0.3, -0.25) is 0 Å². The molecule has 0 aliphatic rings. The number of hydrogen-bond acceptors (Lipinski definition) is 6. The van der Waals surface area contributed by atoms with Gasteiger partial charge in [-0.25, -0.2) is 3.63 Å². The highest BCUT2D eigenvalue weighted by atomic mass is 32.3. The summed E-state index contributed by atoms with van der Waals surface area (Å²) in [5, 5.41) is 0. The molecule has 5 rings (SSSR count). The minimum absolute atomic E-state index is 0.00111. The maximum atomic E-state index is 14.4. The van der Waals surface area contributed by atoms with Crippen molar-refractivity contribution in [2.45, 2.75) is 110 Å². The van der Waals surface area contributed by atoms with Crippen LogP contribution in [0.4, 0.5) is 0 Å². The third-order valence-electron chi connectivity index (χ3n) is 9.04. The first-order chi connectivity index (χ1) is 24.4. The maximum absolute atomic E-state index is 14.4. The zero-order valence-electron chi connectivity index (χ0n) is 31.5. The van der Waals surface area contributed by atoms with E-state index in [9.17, 15) is 16.8 Å². The molecule has 0 N–H and O–H groups in total. The molecule has 0 aliphatic carbocycles. The normalized spacial score (nSPS) is 13.2. The fourth-order valence-electron chi connectivity index (χ4n) is 6.08. The second-order valence-electron chi connectivity index (χ2n) is 15.0. The summed E-state index contributed by atoms with van der Waals surface area (Å²) < 4.78 is 69.0. The second kappa shape index (κ2) is 15.2. The Labute approximate surface area is 313 Å². The second-order valence-corrected chi connectivity index (χ2v) is 20.9. The van der Waals surface area contributed by atoms with E-state index in [0.29, 0.717) is 20.9 Å². The molecule has 0 heterocycles. The van der Waals surface area contributed by atoms with E-state index >= 15 is 0 Å². The molecule has 0 fully saturated rings. The highest BCUT2D eigenvalue weighted by Crippen LogP contribution is 2.70. The predicted octanol–water partition coefficient (Wildman–Crippen LogP) is 11.7. The van der Waals surface area contributed by atoms with Gasteiger partial charge in [-0.2, -0.15) is 16.8 Å². The molecule has 6 nitrogen and oxygen atoms in total. The zero-order chi connectivity index (χ0) is 38.1. The number of benzene rings is 5. The van der Waals surface area contributed by atoms with Crippen molar-refractivity contribution in [2.24, 2.45) is 0 Å². The lowest BCUT2D eigenvalue weighted by Crippen LogP contribution is -2.17. The van der Waals surface area contributed by atoms with Crippen LogP contribution >= 0.6 is 10.3 Å². The third kappa shape index (κ3) is 8.18. The lowest BCUT2D eigenvalue weighted by atomic mass is 9.87. The van der Waals surface area contributed by atoms with Crippen LogP contribution in [0.5, 0.6) is 5.75 Å². The summed E-state index contributed by atoms with van der Waals surface area (Å²) in [5.74, 6) is 0.0715. The fourth-order valence-corrected chi connectivity index (χ4v) is 12.9. The molecule has 0 saturated heterocycles. The van der Waals surface area contributed by atoms with Crippen LogP contribution in [0.2, 0.25) is 0 Å². The Morgan fingerprint density at radius 1 is 0.500 bits per heavy atom. The van der Waals surface area contributed by atoms with Crippen LogP contribution in [0.15, 0.2) is 146 Å². The van der Waals surface area contributed by atoms with E-state index in [1.165, 1.54) is 24.3 Å². The van der Waals surface area contributed by atoms with Gasteiger partial charge < -0.3 is 4.18 Å². The van der Waals surface area contributed by atoms with Gasteiger partial charge in [0.2, 0.25) is 0 Å². The first-order valence-corrected chi connectivity index (χ1v) is 22.0. The molecular weight excluding hydrogens is 709 g/mol. The molecule has 0 radical (unpaired) electrons. The minimum atomic E-state index is -4.43. The van der Waals surface area contributed by atoms with E-state index in [-0.39, 0.29) is 38.7 Å². The molecule has 0 saturated carbocycles. The Morgan fingerprint density at radius 3 is 1.33 bits per heavy atom. The van der Waals surface area contributed by atoms with Gasteiger partial charge in [-0.1, -0.05) is 123 Å². The molecule has 0 spiro atoms. The van der Waals surface area contributed by atoms with Crippen LogP contribution in [0.1, 0.15) is 102 Å². The zero-order valence-corrected chi connectivity index (χ0v) is 33.9. The van der Waals surface area contributed by atoms with E-state index in [1.807, 2.05) is 125 Å². The largest absolute Gasteiger partial charge is 0.379 e. The Morgan fingerprint density at radius 2 is 0.923 bits per heavy atom. The van der Waals surface area contributed by atoms with Crippen molar-refractivity contribution in [1.29, 1.82) is 0 Å². The molecule has 0 unspecified atom stereocenters. The van der Waals surface area contributed by atoms with Crippen molar-refractivity contribution < 1.29 is 24.6 Å². The smallest absolute Gasteiger partial charge is 0.339 e. The molecule has 0 atom stereocenters. The highest BCUT2D eigenvalue weighted by molar-refractivity contribution is 8.33. The standard InChI is InChI=1S/C43H50O6S3/c1-30(2)33-28-40(31(3)4)42(41(29-33)32(5)6)52(46,47)48-35-22-26-39(27-23-35)51(44,45)49-50(36-16-12-10-13-17-36,37-18-14-11-15-19-37)38-24-20-34(21-25-38)43(7,8)9/h10-32H,1-9H3. The molecular formula is C43H50O6S3. The Bertz CT molecular complexity index is 2130. The average molecular weight is 759 g/mol. The van der Waals surface area contributed by atoms with E-state index in [0.717, 1.165) is 16.0 Å². The van der Waals surface area contributed by atoms with Crippen molar-refractivity contribution in [3.63, 3.8) is 0 Å². The van der Waals surface area contributed by atoms with E-state index in [2.05, 4.69) is 34.6 Å². The Hall–Kier alpha value is -3.89. The summed E-state index contributed by atoms with van der Waals surface area (Å²) in [6, 6.07) is 36.1. The first kappa shape index (κ1) is 39.3. The van der Waals surface area contributed by atoms with Gasteiger partial charge in [-0.15, -0.1) is 0 Å². The highest BCUT2D eigenvalue weighted by Gasteiger charge is 2.38. The van der Waals surface area contributed by atoms with Gasteiger partial charge in [0.1, 0.15) is 10.6 Å². The fraction of sp³-hybridized carbons (Fsp3) is 0.302. The molecule has 0 aliphatic heterocycles. The summed E-state index contributed by atoms with van der Waals surface area (Å²) in [6.45, 7) is 18.4. The van der Waals surface area contributed by atoms with Crippen LogP contribution in [0.3, 0.4) is 0 Å². The van der Waals surface area contributed by atoms with Crippen LogP contribution < -0.4 is 4.18 Å². The summed E-state index contributed by atoms with van der Waals surface area (Å²) in [6.07, 6.45) is 0. The van der Waals surface area contributed by atoms with Crippen LogP contribution in [0, 0.1) is 0 Å². The van der Waals surface area contributed by atoms with Crippen molar-refractivity contribution in [3.8, 4) is 5.75 Å². The van der Waals surface area contributed by atoms with Crippen molar-refractivity contribution >= 4 is 30.5 Å². The molecule has 0 bridgehead atoms. The molecule has 5 aromatic rings. The number of rotatable bonds is 12. The van der Waals surface area contributed by atoms with Gasteiger partial charge in [0.15, 0.2) is 0 Å². The topological polar surface area (TPSA) is 86.7 Å². The monoisotopic (exact) mass is 758 g/mol. The summed E-state index contributed by atoms with van der Waals surface area (Å²) >= 11 is 0. The minimum Gasteiger partial charge on any atom is -0.379 e. The summed E-state index contributed by atoms with van der Waals surface area (Å²) in [4.78, 5) is 2.19. The van der Waals surface area contributed by atoms with Gasteiger partial charge in [-0.05, 0) is 116 Å². The maximum Gasteiger partial charge on any atom is 0.339 e. The van der Waals surface area contributed by atoms with Crippen LogP contribution in [-0.4, -0.2) is 16.8 Å². The first-order valence-electron chi connectivity index (χ1n) is 17.6. The van der Waals surface area contributed by atoms with Gasteiger partial charge in [0.25, 0.3) is 0 Å². The molecule has 0 amide bonds. The molecule has 52 heavy (non-hydrogen) atoms. The summed E-state index contributed by atoms with van der Waals surface area (Å²) in [7, 11) is -11.5.